The summed E-state index contributed by atoms with van der Waals surface area (Å²) in [5.74, 6) is -0.0991. The fraction of sp³-hybridized carbons (Fsp3) is 0.200. The molecule has 0 amide bonds. The topological polar surface area (TPSA) is 26.0 Å². The second-order valence-corrected chi connectivity index (χ2v) is 3.83. The zero-order chi connectivity index (χ0) is 9.26. The second kappa shape index (κ2) is 3.44. The Kier molecular flexibility index (Phi) is 2.29. The zero-order valence-corrected chi connectivity index (χ0v) is 7.90. The van der Waals surface area contributed by atoms with Gasteiger partial charge >= 0.3 is 0 Å². The van der Waals surface area contributed by atoms with Crippen molar-refractivity contribution < 1.29 is 4.39 Å². The smallest absolute Gasteiger partial charge is 0.144 e. The first-order valence-electron chi connectivity index (χ1n) is 4.17. The summed E-state index contributed by atoms with van der Waals surface area (Å²) in [5, 5.41) is 2.88. The average Bonchev–Trinajstić information content (AvgIpc) is 2.58. The highest BCUT2D eigenvalue weighted by Crippen LogP contribution is 2.26. The number of hydrogen-bond donors (Lipinski definition) is 1. The molecule has 0 saturated heterocycles. The molecule has 2 rings (SSSR count). The molecule has 1 heterocycles. The molecule has 2 aromatic rings. The first-order chi connectivity index (χ1) is 6.33. The van der Waals surface area contributed by atoms with Gasteiger partial charge < -0.3 is 5.73 Å². The minimum absolute atomic E-state index is 0.0991. The van der Waals surface area contributed by atoms with Gasteiger partial charge in [-0.1, -0.05) is 12.1 Å². The Labute approximate surface area is 80.0 Å². The van der Waals surface area contributed by atoms with Crippen LogP contribution in [0.15, 0.2) is 23.6 Å². The molecule has 0 radical (unpaired) electrons. The highest BCUT2D eigenvalue weighted by molar-refractivity contribution is 7.17. The van der Waals surface area contributed by atoms with Gasteiger partial charge in [-0.05, 0) is 35.4 Å². The number of benzene rings is 1. The van der Waals surface area contributed by atoms with E-state index in [9.17, 15) is 4.39 Å². The quantitative estimate of drug-likeness (QED) is 0.783. The lowest BCUT2D eigenvalue weighted by Crippen LogP contribution is -2.04. The van der Waals surface area contributed by atoms with Crippen LogP contribution in [0, 0.1) is 5.82 Å². The van der Waals surface area contributed by atoms with Gasteiger partial charge in [0, 0.05) is 0 Å². The fourth-order valence-corrected chi connectivity index (χ4v) is 2.24. The molecule has 1 nitrogen and oxygen atoms in total. The highest BCUT2D eigenvalue weighted by Gasteiger charge is 2.06. The zero-order valence-electron chi connectivity index (χ0n) is 7.09. The van der Waals surface area contributed by atoms with Gasteiger partial charge in [-0.3, -0.25) is 0 Å². The van der Waals surface area contributed by atoms with Crippen molar-refractivity contribution in [3.63, 3.8) is 0 Å². The van der Waals surface area contributed by atoms with E-state index in [1.165, 1.54) is 11.3 Å². The standard InChI is InChI=1S/C10H10FNS/c11-9-7(3-5-12)1-2-8-4-6-13-10(8)9/h1-2,4,6H,3,5,12H2. The number of halogens is 1. The summed E-state index contributed by atoms with van der Waals surface area (Å²) in [5.41, 5.74) is 6.11. The van der Waals surface area contributed by atoms with E-state index in [-0.39, 0.29) is 5.82 Å². The van der Waals surface area contributed by atoms with Crippen LogP contribution in [0.25, 0.3) is 10.1 Å². The van der Waals surface area contributed by atoms with Gasteiger partial charge in [-0.2, -0.15) is 0 Å². The van der Waals surface area contributed by atoms with Crippen molar-refractivity contribution in [3.8, 4) is 0 Å². The molecule has 2 N–H and O–H groups in total. The van der Waals surface area contributed by atoms with Crippen LogP contribution in [-0.2, 0) is 6.42 Å². The molecule has 0 aliphatic rings. The van der Waals surface area contributed by atoms with Crippen molar-refractivity contribution in [2.45, 2.75) is 6.42 Å². The van der Waals surface area contributed by atoms with E-state index in [4.69, 9.17) is 5.73 Å². The van der Waals surface area contributed by atoms with Crippen molar-refractivity contribution in [3.05, 3.63) is 35.0 Å². The summed E-state index contributed by atoms with van der Waals surface area (Å²) in [4.78, 5) is 0. The van der Waals surface area contributed by atoms with Gasteiger partial charge in [0.05, 0.1) is 4.70 Å². The fourth-order valence-electron chi connectivity index (χ4n) is 1.39. The molecule has 0 fully saturated rings. The Bertz CT molecular complexity index is 422. The van der Waals surface area contributed by atoms with Gasteiger partial charge in [0.2, 0.25) is 0 Å². The minimum atomic E-state index is -0.0991. The van der Waals surface area contributed by atoms with E-state index < -0.39 is 0 Å². The van der Waals surface area contributed by atoms with Gasteiger partial charge in [-0.25, -0.2) is 4.39 Å². The lowest BCUT2D eigenvalue weighted by Gasteiger charge is -2.01. The predicted octanol–water partition coefficient (Wildman–Crippen LogP) is 2.54. The Morgan fingerprint density at radius 3 is 2.92 bits per heavy atom. The Morgan fingerprint density at radius 1 is 1.31 bits per heavy atom. The summed E-state index contributed by atoms with van der Waals surface area (Å²) in [6.45, 7) is 0.494. The van der Waals surface area contributed by atoms with Crippen LogP contribution < -0.4 is 5.73 Å². The normalized spacial score (nSPS) is 10.9. The largest absolute Gasteiger partial charge is 0.330 e. The number of thiophene rings is 1. The summed E-state index contributed by atoms with van der Waals surface area (Å²) >= 11 is 1.44. The van der Waals surface area contributed by atoms with E-state index in [0.717, 1.165) is 15.6 Å². The lowest BCUT2D eigenvalue weighted by molar-refractivity contribution is 0.623. The SMILES string of the molecule is NCCc1ccc2ccsc2c1F. The number of hydrogen-bond acceptors (Lipinski definition) is 2. The maximum atomic E-state index is 13.6. The van der Waals surface area contributed by atoms with Gasteiger partial charge in [-0.15, -0.1) is 11.3 Å². The number of nitrogens with two attached hydrogens (primary N) is 1. The number of fused-ring (bicyclic) bond motifs is 1. The third-order valence-electron chi connectivity index (χ3n) is 2.05. The molecule has 0 bridgehead atoms. The molecule has 0 aliphatic carbocycles. The molecule has 0 saturated carbocycles. The van der Waals surface area contributed by atoms with Crippen LogP contribution in [0.2, 0.25) is 0 Å². The van der Waals surface area contributed by atoms with Crippen LogP contribution in [0.3, 0.4) is 0 Å². The van der Waals surface area contributed by atoms with Gasteiger partial charge in [0.25, 0.3) is 0 Å². The maximum absolute atomic E-state index is 13.6. The molecule has 0 unspecified atom stereocenters. The summed E-state index contributed by atoms with van der Waals surface area (Å²) < 4.78 is 14.4. The lowest BCUT2D eigenvalue weighted by atomic mass is 10.1. The molecule has 0 aliphatic heterocycles. The van der Waals surface area contributed by atoms with Crippen molar-refractivity contribution in [2.24, 2.45) is 5.73 Å². The van der Waals surface area contributed by atoms with Crippen LogP contribution in [0.5, 0.6) is 0 Å². The summed E-state index contributed by atoms with van der Waals surface area (Å²) in [6.07, 6.45) is 0.611. The highest BCUT2D eigenvalue weighted by atomic mass is 32.1. The van der Waals surface area contributed by atoms with E-state index >= 15 is 0 Å². The molecule has 0 atom stereocenters. The third-order valence-corrected chi connectivity index (χ3v) is 2.98. The predicted molar refractivity (Wildman–Crippen MR) is 54.5 cm³/mol. The van der Waals surface area contributed by atoms with Crippen LogP contribution in [0.1, 0.15) is 5.56 Å². The Morgan fingerprint density at radius 2 is 2.15 bits per heavy atom. The molecular formula is C10H10FNS. The molecule has 13 heavy (non-hydrogen) atoms. The molecule has 68 valence electrons. The Balaban J connectivity index is 2.59. The molecule has 3 heteroatoms. The first-order valence-corrected chi connectivity index (χ1v) is 5.05. The van der Waals surface area contributed by atoms with Crippen LogP contribution >= 0.6 is 11.3 Å². The summed E-state index contributed by atoms with van der Waals surface area (Å²) in [6, 6.07) is 5.69. The Hall–Kier alpha value is -0.930. The number of rotatable bonds is 2. The first kappa shape index (κ1) is 8.66. The summed E-state index contributed by atoms with van der Waals surface area (Å²) in [7, 11) is 0. The van der Waals surface area contributed by atoms with Crippen molar-refractivity contribution in [2.75, 3.05) is 6.54 Å². The van der Waals surface area contributed by atoms with Crippen LogP contribution in [0.4, 0.5) is 4.39 Å². The van der Waals surface area contributed by atoms with Crippen LogP contribution in [-0.4, -0.2) is 6.54 Å². The minimum Gasteiger partial charge on any atom is -0.330 e. The van der Waals surface area contributed by atoms with Crippen molar-refractivity contribution in [1.82, 2.24) is 0 Å². The molecular weight excluding hydrogens is 185 g/mol. The molecule has 1 aromatic heterocycles. The van der Waals surface area contributed by atoms with E-state index in [0.29, 0.717) is 13.0 Å². The second-order valence-electron chi connectivity index (χ2n) is 2.92. The van der Waals surface area contributed by atoms with E-state index in [1.54, 1.807) is 0 Å². The molecule has 1 aromatic carbocycles. The van der Waals surface area contributed by atoms with Gasteiger partial charge in [0.1, 0.15) is 5.82 Å². The van der Waals surface area contributed by atoms with Gasteiger partial charge in [0.15, 0.2) is 0 Å². The average molecular weight is 195 g/mol. The van der Waals surface area contributed by atoms with E-state index in [2.05, 4.69) is 0 Å². The maximum Gasteiger partial charge on any atom is 0.144 e. The molecule has 0 spiro atoms. The van der Waals surface area contributed by atoms with Crippen molar-refractivity contribution >= 4 is 21.4 Å². The monoisotopic (exact) mass is 195 g/mol. The third kappa shape index (κ3) is 1.45. The van der Waals surface area contributed by atoms with Crippen molar-refractivity contribution in [1.29, 1.82) is 0 Å². The van der Waals surface area contributed by atoms with E-state index in [1.807, 2.05) is 23.6 Å².